The van der Waals surface area contributed by atoms with Crippen LogP contribution in [0.1, 0.15) is 70.6 Å². The summed E-state index contributed by atoms with van der Waals surface area (Å²) in [6.07, 6.45) is 5.05. The van der Waals surface area contributed by atoms with Crippen LogP contribution in [0.3, 0.4) is 0 Å². The molecule has 0 fully saturated rings. The minimum atomic E-state index is -0.938. The van der Waals surface area contributed by atoms with Crippen molar-refractivity contribution in [1.82, 2.24) is 0 Å². The van der Waals surface area contributed by atoms with Crippen LogP contribution < -0.4 is 22.9 Å². The lowest BCUT2D eigenvalue weighted by atomic mass is 9.91. The van der Waals surface area contributed by atoms with Crippen LogP contribution in [0.15, 0.2) is 0 Å². The van der Waals surface area contributed by atoms with E-state index in [-0.39, 0.29) is 19.3 Å². The topological polar surface area (TPSA) is 253 Å². The summed E-state index contributed by atoms with van der Waals surface area (Å²) in [6.45, 7) is 1.83. The summed E-state index contributed by atoms with van der Waals surface area (Å²) in [5.41, 5.74) is 21.0. The third kappa shape index (κ3) is 29.9. The molecule has 0 rings (SSSR count). The maximum Gasteiger partial charge on any atom is 0.308 e. The summed E-state index contributed by atoms with van der Waals surface area (Å²) in [4.78, 5) is 41.2. The van der Waals surface area contributed by atoms with Gasteiger partial charge >= 0.3 is 23.9 Å². The van der Waals surface area contributed by atoms with Gasteiger partial charge in [0.2, 0.25) is 0 Å². The predicted octanol–water partition coefficient (Wildman–Crippen LogP) is 0.408. The molecule has 0 aliphatic carbocycles. The summed E-state index contributed by atoms with van der Waals surface area (Å²) >= 11 is 0. The Bertz CT molecular complexity index is 488. The van der Waals surface area contributed by atoms with Crippen LogP contribution in [-0.2, 0) is 19.2 Å². The monoisotopic (exact) mass is 466 g/mol. The minimum absolute atomic E-state index is 0.0102. The van der Waals surface area contributed by atoms with Crippen LogP contribution in [0, 0.1) is 5.92 Å². The largest absolute Gasteiger partial charge is 0.481 e. The molecule has 2 atom stereocenters. The average Bonchev–Trinajstić information content (AvgIpc) is 2.71. The highest BCUT2D eigenvalue weighted by molar-refractivity contribution is 5.71. The van der Waals surface area contributed by atoms with Crippen molar-refractivity contribution in [2.75, 3.05) is 19.6 Å². The summed E-state index contributed by atoms with van der Waals surface area (Å²) in [6, 6.07) is -0.408. The van der Waals surface area contributed by atoms with Gasteiger partial charge in [0.1, 0.15) is 0 Å². The van der Waals surface area contributed by atoms with Gasteiger partial charge in [-0.15, -0.1) is 0 Å². The summed E-state index contributed by atoms with van der Waals surface area (Å²) in [5.74, 6) is -4.24. The first kappa shape index (κ1) is 34.3. The Morgan fingerprint density at radius 1 is 0.562 bits per heavy atom. The fourth-order valence-corrected chi connectivity index (χ4v) is 2.45. The molecule has 0 spiro atoms. The van der Waals surface area contributed by atoms with E-state index >= 15 is 0 Å². The van der Waals surface area contributed by atoms with Crippen molar-refractivity contribution in [1.29, 1.82) is 0 Å². The van der Waals surface area contributed by atoms with E-state index in [4.69, 9.17) is 43.4 Å². The van der Waals surface area contributed by atoms with Crippen molar-refractivity contribution >= 4 is 23.9 Å². The van der Waals surface area contributed by atoms with E-state index in [1.807, 2.05) is 0 Å². The van der Waals surface area contributed by atoms with E-state index < -0.39 is 35.8 Å². The third-order valence-corrected chi connectivity index (χ3v) is 4.18. The van der Waals surface area contributed by atoms with Gasteiger partial charge in [0.15, 0.2) is 0 Å². The Labute approximate surface area is 189 Å². The third-order valence-electron chi connectivity index (χ3n) is 4.18. The number of nitrogens with two attached hydrogens (primary N) is 4. The number of aliphatic carboxylic acids is 4. The molecule has 0 amide bonds. The molecule has 0 aliphatic heterocycles. The lowest BCUT2D eigenvalue weighted by molar-refractivity contribution is -0.143. The van der Waals surface area contributed by atoms with Crippen molar-refractivity contribution < 1.29 is 39.6 Å². The van der Waals surface area contributed by atoms with Gasteiger partial charge in [-0.25, -0.2) is 0 Å². The van der Waals surface area contributed by atoms with E-state index in [2.05, 4.69) is 0 Å². The molecule has 0 aromatic rings. The Morgan fingerprint density at radius 2 is 1.00 bits per heavy atom. The molecule has 0 saturated carbocycles. The zero-order valence-corrected chi connectivity index (χ0v) is 18.8. The Hall–Kier alpha value is -2.28. The van der Waals surface area contributed by atoms with Crippen LogP contribution in [0.4, 0.5) is 0 Å². The minimum Gasteiger partial charge on any atom is -0.481 e. The molecular formula is C20H42N4O8. The van der Waals surface area contributed by atoms with Crippen LogP contribution >= 0.6 is 0 Å². The molecule has 32 heavy (non-hydrogen) atoms. The van der Waals surface area contributed by atoms with Gasteiger partial charge in [-0.3, -0.25) is 19.2 Å². The molecule has 2 unspecified atom stereocenters. The first-order valence-electron chi connectivity index (χ1n) is 10.8. The smallest absolute Gasteiger partial charge is 0.308 e. The van der Waals surface area contributed by atoms with Crippen molar-refractivity contribution in [2.45, 2.75) is 76.7 Å². The van der Waals surface area contributed by atoms with Gasteiger partial charge < -0.3 is 43.4 Å². The highest BCUT2D eigenvalue weighted by atomic mass is 16.4. The van der Waals surface area contributed by atoms with E-state index in [0.29, 0.717) is 51.7 Å². The van der Waals surface area contributed by atoms with Crippen LogP contribution in [0.5, 0.6) is 0 Å². The van der Waals surface area contributed by atoms with Crippen LogP contribution in [-0.4, -0.2) is 70.0 Å². The lowest BCUT2D eigenvalue weighted by Crippen LogP contribution is -2.35. The maximum atomic E-state index is 11.1. The summed E-state index contributed by atoms with van der Waals surface area (Å²) < 4.78 is 0. The first-order chi connectivity index (χ1) is 15.0. The fourth-order valence-electron chi connectivity index (χ4n) is 2.45. The number of carboxylic acid groups (broad SMARTS) is 4. The number of rotatable bonds is 17. The molecule has 0 bridgehead atoms. The molecule has 0 aromatic heterocycles. The number of hydrogen-bond acceptors (Lipinski definition) is 8. The second-order valence-corrected chi connectivity index (χ2v) is 7.10. The van der Waals surface area contributed by atoms with Crippen molar-refractivity contribution in [3.63, 3.8) is 0 Å². The van der Waals surface area contributed by atoms with Gasteiger partial charge in [0.25, 0.3) is 0 Å². The zero-order chi connectivity index (χ0) is 25.4. The molecule has 12 N–H and O–H groups in total. The zero-order valence-electron chi connectivity index (χ0n) is 18.8. The van der Waals surface area contributed by atoms with Crippen molar-refractivity contribution in [2.24, 2.45) is 28.9 Å². The number of carboxylic acids is 4. The molecule has 0 aromatic carbocycles. The molecule has 190 valence electrons. The molecule has 12 nitrogen and oxygen atoms in total. The lowest BCUT2D eigenvalue weighted by Gasteiger charge is -2.19. The van der Waals surface area contributed by atoms with E-state index in [1.165, 1.54) is 0 Å². The molecule has 0 radical (unpaired) electrons. The normalized spacial score (nSPS) is 11.8. The van der Waals surface area contributed by atoms with Gasteiger partial charge in [-0.1, -0.05) is 12.8 Å². The number of carbonyl (C=O) groups is 4. The maximum absolute atomic E-state index is 11.1. The average molecular weight is 467 g/mol. The SMILES string of the molecule is NCCCCCC(N)C(CCCC(=O)O)C(=O)O.NCCN.O=C(O)CCCCC(=O)O. The molecule has 0 heterocycles. The van der Waals surface area contributed by atoms with E-state index in [1.54, 1.807) is 0 Å². The van der Waals surface area contributed by atoms with Gasteiger partial charge in [0.05, 0.1) is 5.92 Å². The standard InChI is InChI=1S/C12H24N2O4.C6H10O4.C2H8N2/c13-8-3-1-2-6-10(14)9(12(17)18)5-4-7-11(15)16;7-5(8)3-1-2-4-6(9)10;3-1-2-4/h9-10H,1-8,13-14H2,(H,15,16)(H,17,18);1-4H2,(H,7,8)(H,9,10);1-4H2. The Kier molecular flexibility index (Phi) is 26.8. The molecule has 12 heteroatoms. The molecular weight excluding hydrogens is 424 g/mol. The Morgan fingerprint density at radius 3 is 1.34 bits per heavy atom. The highest BCUT2D eigenvalue weighted by Gasteiger charge is 2.24. The predicted molar refractivity (Wildman–Crippen MR) is 120 cm³/mol. The number of unbranched alkanes of at least 4 members (excludes halogenated alkanes) is 3. The van der Waals surface area contributed by atoms with Gasteiger partial charge in [-0.05, 0) is 45.1 Å². The number of hydrogen-bond donors (Lipinski definition) is 8. The van der Waals surface area contributed by atoms with Crippen LogP contribution in [0.25, 0.3) is 0 Å². The second-order valence-electron chi connectivity index (χ2n) is 7.10. The van der Waals surface area contributed by atoms with Gasteiger partial charge in [0, 0.05) is 38.4 Å². The molecule has 0 saturated heterocycles. The highest BCUT2D eigenvalue weighted by Crippen LogP contribution is 2.17. The summed E-state index contributed by atoms with van der Waals surface area (Å²) in [5, 5.41) is 33.8. The summed E-state index contributed by atoms with van der Waals surface area (Å²) in [7, 11) is 0. The van der Waals surface area contributed by atoms with Crippen LogP contribution in [0.2, 0.25) is 0 Å². The van der Waals surface area contributed by atoms with Gasteiger partial charge in [-0.2, -0.15) is 0 Å². The van der Waals surface area contributed by atoms with Crippen molar-refractivity contribution in [3.8, 4) is 0 Å². The van der Waals surface area contributed by atoms with E-state index in [0.717, 1.165) is 19.3 Å². The quantitative estimate of drug-likeness (QED) is 0.136. The molecule has 0 aliphatic rings. The Balaban J connectivity index is -0.000000502. The van der Waals surface area contributed by atoms with Crippen molar-refractivity contribution in [3.05, 3.63) is 0 Å². The van der Waals surface area contributed by atoms with E-state index in [9.17, 15) is 19.2 Å². The second kappa shape index (κ2) is 25.0. The first-order valence-corrected chi connectivity index (χ1v) is 10.8. The fraction of sp³-hybridized carbons (Fsp3) is 0.800.